The van der Waals surface area contributed by atoms with E-state index in [2.05, 4.69) is 35.4 Å². The van der Waals surface area contributed by atoms with Crippen LogP contribution in [0.4, 0.5) is 0 Å². The van der Waals surface area contributed by atoms with E-state index in [4.69, 9.17) is 0 Å². The molecule has 4 heteroatoms. The highest BCUT2D eigenvalue weighted by molar-refractivity contribution is 5.85. The van der Waals surface area contributed by atoms with Gasteiger partial charge in [0.05, 0.1) is 12.5 Å². The Bertz CT molecular complexity index is 600. The minimum Gasteiger partial charge on any atom is -0.545 e. The maximum Gasteiger partial charge on any atom is 0.256 e. The van der Waals surface area contributed by atoms with Crippen LogP contribution in [0.25, 0.3) is 0 Å². The number of carbonyl (C=O) groups is 1. The number of unbranched alkanes of at least 4 members (excludes halogenated alkanes) is 1. The minimum atomic E-state index is -1.13. The monoisotopic (exact) mass is 286 g/mol. The van der Waals surface area contributed by atoms with Crippen LogP contribution in [0, 0.1) is 0 Å². The first kappa shape index (κ1) is 15.3. The van der Waals surface area contributed by atoms with E-state index in [1.54, 1.807) is 12.1 Å². The lowest BCUT2D eigenvalue weighted by molar-refractivity contribution is -0.695. The van der Waals surface area contributed by atoms with E-state index in [0.29, 0.717) is 0 Å². The second-order valence-corrected chi connectivity index (χ2v) is 5.23. The standard InChI is InChI=1S/C17H22N2O2/c1-3-5-10-18-11-12-19(16(18)4-2)13-14-6-8-15(9-7-14)17(20)21/h6-9,11-12H,3-5,10,13H2,1-2H3. The molecule has 1 aromatic heterocycles. The number of carbonyl (C=O) groups excluding carboxylic acids is 1. The van der Waals surface area contributed by atoms with Gasteiger partial charge in [0, 0.05) is 6.42 Å². The minimum absolute atomic E-state index is 0.222. The molecule has 0 saturated heterocycles. The van der Waals surface area contributed by atoms with E-state index >= 15 is 0 Å². The van der Waals surface area contributed by atoms with Crippen LogP contribution in [0.1, 0.15) is 48.4 Å². The van der Waals surface area contributed by atoms with E-state index in [1.165, 1.54) is 18.7 Å². The molecule has 0 N–H and O–H groups in total. The van der Waals surface area contributed by atoms with Crippen LogP contribution in [-0.2, 0) is 19.5 Å². The molecule has 0 aliphatic carbocycles. The second-order valence-electron chi connectivity index (χ2n) is 5.23. The molecule has 0 atom stereocenters. The molecule has 2 rings (SSSR count). The molecule has 0 spiro atoms. The molecule has 0 unspecified atom stereocenters. The average molecular weight is 286 g/mol. The summed E-state index contributed by atoms with van der Waals surface area (Å²) in [7, 11) is 0. The van der Waals surface area contributed by atoms with Gasteiger partial charge in [-0.1, -0.05) is 44.5 Å². The van der Waals surface area contributed by atoms with E-state index in [0.717, 1.165) is 25.1 Å². The fraction of sp³-hybridized carbons (Fsp3) is 0.412. The van der Waals surface area contributed by atoms with E-state index < -0.39 is 5.97 Å². The van der Waals surface area contributed by atoms with Gasteiger partial charge in [-0.05, 0) is 17.5 Å². The van der Waals surface area contributed by atoms with Crippen LogP contribution in [0.5, 0.6) is 0 Å². The predicted molar refractivity (Wildman–Crippen MR) is 78.8 cm³/mol. The van der Waals surface area contributed by atoms with Crippen LogP contribution in [-0.4, -0.2) is 10.5 Å². The van der Waals surface area contributed by atoms with Crippen molar-refractivity contribution in [1.82, 2.24) is 4.57 Å². The predicted octanol–water partition coefficient (Wildman–Crippen LogP) is 1.55. The molecule has 4 nitrogen and oxygen atoms in total. The number of nitrogens with zero attached hydrogens (tertiary/aromatic N) is 2. The summed E-state index contributed by atoms with van der Waals surface area (Å²) >= 11 is 0. The summed E-state index contributed by atoms with van der Waals surface area (Å²) in [4.78, 5) is 10.8. The highest BCUT2D eigenvalue weighted by atomic mass is 16.4. The third-order valence-electron chi connectivity index (χ3n) is 3.70. The first-order valence-electron chi connectivity index (χ1n) is 7.53. The van der Waals surface area contributed by atoms with Crippen LogP contribution >= 0.6 is 0 Å². The van der Waals surface area contributed by atoms with Gasteiger partial charge in [0.25, 0.3) is 5.82 Å². The Balaban J connectivity index is 2.15. The molecule has 2 aromatic rings. The Labute approximate surface area is 125 Å². The topological polar surface area (TPSA) is 48.9 Å². The Morgan fingerprint density at radius 2 is 1.95 bits per heavy atom. The SMILES string of the molecule is CCCCn1cc[n+](Cc2ccc(C(=O)[O-])cc2)c1CC. The Morgan fingerprint density at radius 1 is 1.24 bits per heavy atom. The molecule has 0 aliphatic heterocycles. The van der Waals surface area contributed by atoms with Gasteiger partial charge in [-0.3, -0.25) is 0 Å². The fourth-order valence-corrected chi connectivity index (χ4v) is 2.52. The number of hydrogen-bond donors (Lipinski definition) is 0. The molecule has 21 heavy (non-hydrogen) atoms. The van der Waals surface area contributed by atoms with Gasteiger partial charge in [0.15, 0.2) is 0 Å². The van der Waals surface area contributed by atoms with Crippen LogP contribution in [0.2, 0.25) is 0 Å². The maximum absolute atomic E-state index is 10.8. The zero-order valence-electron chi connectivity index (χ0n) is 12.7. The van der Waals surface area contributed by atoms with Crippen LogP contribution in [0.15, 0.2) is 36.7 Å². The van der Waals surface area contributed by atoms with Gasteiger partial charge in [-0.25, -0.2) is 9.13 Å². The number of aromatic nitrogens is 2. The molecular formula is C17H22N2O2. The number of aromatic carboxylic acids is 1. The van der Waals surface area contributed by atoms with Gasteiger partial charge in [0.1, 0.15) is 18.9 Å². The van der Waals surface area contributed by atoms with Crippen molar-refractivity contribution >= 4 is 5.97 Å². The van der Waals surface area contributed by atoms with Gasteiger partial charge >= 0.3 is 0 Å². The lowest BCUT2D eigenvalue weighted by Gasteiger charge is -2.05. The molecule has 0 bridgehead atoms. The molecule has 0 radical (unpaired) electrons. The second kappa shape index (κ2) is 7.07. The largest absolute Gasteiger partial charge is 0.545 e. The highest BCUT2D eigenvalue weighted by Crippen LogP contribution is 2.06. The van der Waals surface area contributed by atoms with E-state index in [1.807, 2.05) is 12.1 Å². The van der Waals surface area contributed by atoms with Gasteiger partial charge in [0.2, 0.25) is 0 Å². The van der Waals surface area contributed by atoms with Crippen molar-refractivity contribution in [2.45, 2.75) is 46.2 Å². The van der Waals surface area contributed by atoms with Crippen LogP contribution in [0.3, 0.4) is 0 Å². The zero-order valence-corrected chi connectivity index (χ0v) is 12.7. The molecule has 1 aromatic carbocycles. The number of aryl methyl sites for hydroxylation is 1. The molecule has 0 saturated carbocycles. The van der Waals surface area contributed by atoms with Crippen molar-refractivity contribution in [2.24, 2.45) is 0 Å². The molecule has 112 valence electrons. The lowest BCUT2D eigenvalue weighted by Crippen LogP contribution is -2.37. The Hall–Kier alpha value is -2.10. The number of carboxylic acid groups (broad SMARTS) is 1. The van der Waals surface area contributed by atoms with Crippen molar-refractivity contribution in [3.63, 3.8) is 0 Å². The number of imidazole rings is 1. The average Bonchev–Trinajstić information content (AvgIpc) is 2.87. The zero-order chi connectivity index (χ0) is 15.2. The van der Waals surface area contributed by atoms with Gasteiger partial charge in [-0.15, -0.1) is 0 Å². The summed E-state index contributed by atoms with van der Waals surface area (Å²) in [6, 6.07) is 6.90. The first-order chi connectivity index (χ1) is 10.2. The Morgan fingerprint density at radius 3 is 2.52 bits per heavy atom. The molecule has 0 amide bonds. The summed E-state index contributed by atoms with van der Waals surface area (Å²) in [5.74, 6) is 0.168. The third-order valence-corrected chi connectivity index (χ3v) is 3.70. The van der Waals surface area contributed by atoms with Crippen molar-refractivity contribution in [2.75, 3.05) is 0 Å². The fourth-order valence-electron chi connectivity index (χ4n) is 2.52. The molecule has 0 fully saturated rings. The summed E-state index contributed by atoms with van der Waals surface area (Å²) in [5, 5.41) is 10.8. The third kappa shape index (κ3) is 3.72. The van der Waals surface area contributed by atoms with Crippen molar-refractivity contribution in [3.05, 3.63) is 53.6 Å². The van der Waals surface area contributed by atoms with Crippen LogP contribution < -0.4 is 9.67 Å². The number of benzene rings is 1. The van der Waals surface area contributed by atoms with Gasteiger partial charge in [-0.2, -0.15) is 0 Å². The highest BCUT2D eigenvalue weighted by Gasteiger charge is 2.14. The quantitative estimate of drug-likeness (QED) is 0.725. The summed E-state index contributed by atoms with van der Waals surface area (Å²) in [6.07, 6.45) is 7.58. The smallest absolute Gasteiger partial charge is 0.256 e. The number of carboxylic acids is 1. The van der Waals surface area contributed by atoms with E-state index in [-0.39, 0.29) is 5.56 Å². The maximum atomic E-state index is 10.8. The van der Waals surface area contributed by atoms with Crippen molar-refractivity contribution < 1.29 is 14.5 Å². The summed E-state index contributed by atoms with van der Waals surface area (Å²) in [6.45, 7) is 6.17. The number of rotatable bonds is 7. The van der Waals surface area contributed by atoms with Crippen molar-refractivity contribution in [3.8, 4) is 0 Å². The summed E-state index contributed by atoms with van der Waals surface area (Å²) < 4.78 is 4.53. The summed E-state index contributed by atoms with van der Waals surface area (Å²) in [5.41, 5.74) is 1.31. The number of hydrogen-bond acceptors (Lipinski definition) is 2. The van der Waals surface area contributed by atoms with Gasteiger partial charge < -0.3 is 9.90 Å². The Kier molecular flexibility index (Phi) is 5.14. The van der Waals surface area contributed by atoms with Crippen molar-refractivity contribution in [1.29, 1.82) is 0 Å². The molecular weight excluding hydrogens is 264 g/mol. The van der Waals surface area contributed by atoms with E-state index in [9.17, 15) is 9.90 Å². The normalized spacial score (nSPS) is 10.8. The lowest BCUT2D eigenvalue weighted by atomic mass is 10.1. The molecule has 1 heterocycles. The first-order valence-corrected chi connectivity index (χ1v) is 7.53. The molecule has 0 aliphatic rings.